The number of halogens is 1. The Morgan fingerprint density at radius 3 is 1.00 bits per heavy atom. The van der Waals surface area contributed by atoms with E-state index in [4.69, 9.17) is 14.0 Å². The number of hydrogen-bond donors (Lipinski definition) is 0. The smallest absolute Gasteiger partial charge is 0.357 e. The van der Waals surface area contributed by atoms with Crippen molar-refractivity contribution in [3.05, 3.63) is 0 Å². The summed E-state index contributed by atoms with van der Waals surface area (Å²) in [4.78, 5) is 0. The zero-order valence-corrected chi connectivity index (χ0v) is 7.42. The molecule has 0 fully saturated rings. The van der Waals surface area contributed by atoms with Gasteiger partial charge in [0.1, 0.15) is 0 Å². The molecule has 3 nitrogen and oxygen atoms in total. The first kappa shape index (κ1) is 9.43. The Balaban J connectivity index is 0. The molecule has 0 bridgehead atoms. The van der Waals surface area contributed by atoms with E-state index in [1.807, 2.05) is 0 Å². The summed E-state index contributed by atoms with van der Waals surface area (Å²) in [6.07, 6.45) is 0. The van der Waals surface area contributed by atoms with Crippen LogP contribution in [0.4, 0.5) is 0 Å². The summed E-state index contributed by atoms with van der Waals surface area (Å²) in [5, 5.41) is 0. The van der Waals surface area contributed by atoms with Crippen molar-refractivity contribution in [3.8, 4) is 0 Å². The first-order valence-corrected chi connectivity index (χ1v) is 1.39. The Labute approximate surface area is 52.2 Å². The summed E-state index contributed by atoms with van der Waals surface area (Å²) < 4.78 is 25.2. The van der Waals surface area contributed by atoms with Crippen molar-refractivity contribution in [2.75, 3.05) is 0 Å². The van der Waals surface area contributed by atoms with Gasteiger partial charge in [0.15, 0.2) is 0 Å². The van der Waals surface area contributed by atoms with E-state index in [2.05, 4.69) is 0 Å². The molecular formula is ClO3Tl. The van der Waals surface area contributed by atoms with Gasteiger partial charge in [-0.05, 0) is 0 Å². The standard InChI is InChI=1S/ClO3.Tl/c2-1(3)4;/q-1;+1. The SMILES string of the molecule is [O-][Cl+2]([O-])[O-].[Tl+]. The van der Waals surface area contributed by atoms with Crippen LogP contribution in [-0.2, 0) is 0 Å². The molecule has 0 atom stereocenters. The number of hydrogen-bond acceptors (Lipinski definition) is 3. The second-order valence-electron chi connectivity index (χ2n) is 0.189. The van der Waals surface area contributed by atoms with Crippen LogP contribution in [0.3, 0.4) is 0 Å². The Morgan fingerprint density at radius 2 is 1.00 bits per heavy atom. The van der Waals surface area contributed by atoms with Crippen molar-refractivity contribution in [3.63, 3.8) is 0 Å². The topological polar surface area (TPSA) is 69.2 Å². The van der Waals surface area contributed by atoms with Crippen LogP contribution < -0.4 is 14.0 Å². The zero-order chi connectivity index (χ0) is 3.58. The van der Waals surface area contributed by atoms with Crippen LogP contribution in [0.15, 0.2) is 0 Å². The van der Waals surface area contributed by atoms with Crippen LogP contribution in [0.5, 0.6) is 0 Å². The summed E-state index contributed by atoms with van der Waals surface area (Å²) in [5.74, 6) is 0. The van der Waals surface area contributed by atoms with E-state index in [1.54, 1.807) is 0 Å². The Kier molecular flexibility index (Phi) is 9.61. The quantitative estimate of drug-likeness (QED) is 0.427. The average Bonchev–Trinajstić information content (AvgIpc) is 0.811. The molecule has 0 saturated heterocycles. The van der Waals surface area contributed by atoms with Crippen molar-refractivity contribution in [1.29, 1.82) is 0 Å². The monoisotopic (exact) mass is 288 g/mol. The van der Waals surface area contributed by atoms with Gasteiger partial charge in [0.2, 0.25) is 0 Å². The maximum absolute atomic E-state index is 8.41. The van der Waals surface area contributed by atoms with Gasteiger partial charge in [-0.15, -0.1) is 0 Å². The van der Waals surface area contributed by atoms with Gasteiger partial charge in [-0.25, -0.2) is 0 Å². The molecule has 0 amide bonds. The molecule has 0 aliphatic heterocycles. The molecule has 0 rings (SSSR count). The van der Waals surface area contributed by atoms with E-state index >= 15 is 0 Å². The van der Waals surface area contributed by atoms with Crippen molar-refractivity contribution in [2.24, 2.45) is 0 Å². The van der Waals surface area contributed by atoms with Gasteiger partial charge in [0, 0.05) is 0 Å². The predicted molar refractivity (Wildman–Crippen MR) is 5.75 cm³/mol. The van der Waals surface area contributed by atoms with E-state index in [1.165, 1.54) is 0 Å². The van der Waals surface area contributed by atoms with E-state index in [0.717, 1.165) is 0 Å². The molecule has 5 heavy (non-hydrogen) atoms. The van der Waals surface area contributed by atoms with Crippen molar-refractivity contribution >= 4 is 27.3 Å². The van der Waals surface area contributed by atoms with Crippen LogP contribution >= 0.6 is 0 Å². The minimum atomic E-state index is -2.85. The molecule has 0 aromatic carbocycles. The molecule has 0 aromatic heterocycles. The fourth-order valence-corrected chi connectivity index (χ4v) is 0. The van der Waals surface area contributed by atoms with Gasteiger partial charge in [-0.2, -0.15) is 0 Å². The molecule has 0 aromatic rings. The molecule has 0 heterocycles. The summed E-state index contributed by atoms with van der Waals surface area (Å²) in [7, 11) is -2.85. The van der Waals surface area contributed by atoms with Crippen LogP contribution in [-0.4, -0.2) is 27.3 Å². The van der Waals surface area contributed by atoms with Gasteiger partial charge >= 0.3 is 27.3 Å². The fraction of sp³-hybridized carbons (Fsp3) is 0. The molecule has 0 N–H and O–H groups in total. The molecule has 0 saturated carbocycles. The largest absolute Gasteiger partial charge is 1.00 e. The molecule has 0 aliphatic carbocycles. The van der Waals surface area contributed by atoms with Crippen molar-refractivity contribution in [1.82, 2.24) is 0 Å². The van der Waals surface area contributed by atoms with E-state index < -0.39 is 10.8 Å². The van der Waals surface area contributed by atoms with Crippen LogP contribution in [0.25, 0.3) is 0 Å². The van der Waals surface area contributed by atoms with Crippen molar-refractivity contribution < 1.29 is 24.8 Å². The second-order valence-corrected chi connectivity index (χ2v) is 0.567. The normalized spacial score (nSPS) is 7.20. The van der Waals surface area contributed by atoms with Gasteiger partial charge in [-0.3, -0.25) is 0 Å². The minimum absolute atomic E-state index is 0. The molecular weight excluding hydrogens is 288 g/mol. The van der Waals surface area contributed by atoms with Crippen LogP contribution in [0.1, 0.15) is 0 Å². The fourth-order valence-electron chi connectivity index (χ4n) is 0. The van der Waals surface area contributed by atoms with Gasteiger partial charge in [-0.1, -0.05) is 0 Å². The van der Waals surface area contributed by atoms with Gasteiger partial charge in [0.25, 0.3) is 0 Å². The van der Waals surface area contributed by atoms with E-state index in [0.29, 0.717) is 0 Å². The summed E-state index contributed by atoms with van der Waals surface area (Å²) in [6.45, 7) is 0. The third-order valence-electron chi connectivity index (χ3n) is 0. The third kappa shape index (κ3) is 40.8. The molecule has 0 aliphatic rings. The predicted octanol–water partition coefficient (Wildman–Crippen LogP) is -3.95. The maximum atomic E-state index is 8.41. The first-order valence-electron chi connectivity index (χ1n) is 0.463. The molecule has 0 unspecified atom stereocenters. The minimum Gasteiger partial charge on any atom is -0.357 e. The summed E-state index contributed by atoms with van der Waals surface area (Å²) in [5.41, 5.74) is 0. The molecule has 0 spiro atoms. The number of rotatable bonds is 0. The van der Waals surface area contributed by atoms with E-state index in [-0.39, 0.29) is 27.3 Å². The zero-order valence-electron chi connectivity index (χ0n) is 2.18. The first-order chi connectivity index (χ1) is 1.73. The summed E-state index contributed by atoms with van der Waals surface area (Å²) in [6, 6.07) is 0. The molecule has 28 valence electrons. The third-order valence-corrected chi connectivity index (χ3v) is 0. The molecule has 5 heteroatoms. The van der Waals surface area contributed by atoms with Gasteiger partial charge < -0.3 is 14.0 Å². The van der Waals surface area contributed by atoms with Crippen LogP contribution in [0.2, 0.25) is 0 Å². The average molecular weight is 288 g/mol. The molecule has 0 radical (unpaired) electrons. The van der Waals surface area contributed by atoms with E-state index in [9.17, 15) is 0 Å². The van der Waals surface area contributed by atoms with Gasteiger partial charge in [0.05, 0.1) is 10.8 Å². The summed E-state index contributed by atoms with van der Waals surface area (Å²) >= 11 is 0. The van der Waals surface area contributed by atoms with Crippen molar-refractivity contribution in [2.45, 2.75) is 0 Å². The Morgan fingerprint density at radius 1 is 1.00 bits per heavy atom. The second kappa shape index (κ2) is 5.09. The maximum Gasteiger partial charge on any atom is 1.00 e. The Hall–Kier alpha value is 1.09. The Bertz CT molecular complexity index is 11.6. The van der Waals surface area contributed by atoms with Crippen LogP contribution in [0, 0.1) is 10.8 Å².